The van der Waals surface area contributed by atoms with E-state index in [1.807, 2.05) is 0 Å². The summed E-state index contributed by atoms with van der Waals surface area (Å²) in [4.78, 5) is 12.1. The second kappa shape index (κ2) is 5.78. The van der Waals surface area contributed by atoms with Crippen LogP contribution in [0, 0.1) is 12.7 Å². The fourth-order valence-corrected chi connectivity index (χ4v) is 2.40. The normalized spacial score (nSPS) is 10.7. The Morgan fingerprint density at radius 2 is 2.23 bits per heavy atom. The zero-order valence-corrected chi connectivity index (χ0v) is 12.7. The van der Waals surface area contributed by atoms with Crippen LogP contribution in [-0.4, -0.2) is 31.1 Å². The lowest BCUT2D eigenvalue weighted by molar-refractivity contribution is 0.102. The predicted molar refractivity (Wildman–Crippen MR) is 78.9 cm³/mol. The van der Waals surface area contributed by atoms with Gasteiger partial charge < -0.3 is 0 Å². The maximum Gasteiger partial charge on any atom is 0.279 e. The first-order valence-electron chi connectivity index (χ1n) is 6.01. The molecule has 0 saturated carbocycles. The smallest absolute Gasteiger partial charge is 0.279 e. The summed E-state index contributed by atoms with van der Waals surface area (Å²) in [5, 5.41) is 18.0. The quantitative estimate of drug-likeness (QED) is 0.793. The third-order valence-electron chi connectivity index (χ3n) is 2.84. The van der Waals surface area contributed by atoms with Crippen molar-refractivity contribution in [1.29, 1.82) is 0 Å². The van der Waals surface area contributed by atoms with Crippen LogP contribution in [0.3, 0.4) is 0 Å². The van der Waals surface area contributed by atoms with Crippen molar-refractivity contribution in [3.63, 3.8) is 0 Å². The minimum Gasteiger partial charge on any atom is -0.295 e. The van der Waals surface area contributed by atoms with Crippen molar-refractivity contribution in [2.45, 2.75) is 6.92 Å². The molecule has 1 amide bonds. The number of nitrogens with one attached hydrogen (secondary N) is 1. The number of anilines is 1. The highest BCUT2D eigenvalue weighted by atomic mass is 35.5. The molecule has 2 aromatic heterocycles. The number of nitrogens with zero attached hydrogens (tertiary/aromatic N) is 5. The number of rotatable bonds is 3. The van der Waals surface area contributed by atoms with E-state index < -0.39 is 11.7 Å². The van der Waals surface area contributed by atoms with Gasteiger partial charge in [0.1, 0.15) is 11.3 Å². The molecule has 0 aliphatic heterocycles. The van der Waals surface area contributed by atoms with Gasteiger partial charge in [-0.05, 0) is 25.1 Å². The van der Waals surface area contributed by atoms with Gasteiger partial charge in [0, 0.05) is 0 Å². The zero-order valence-electron chi connectivity index (χ0n) is 11.1. The maximum absolute atomic E-state index is 13.2. The van der Waals surface area contributed by atoms with Crippen LogP contribution >= 0.6 is 22.9 Å². The van der Waals surface area contributed by atoms with Crippen LogP contribution in [-0.2, 0) is 0 Å². The van der Waals surface area contributed by atoms with E-state index in [-0.39, 0.29) is 10.7 Å². The van der Waals surface area contributed by atoms with Crippen molar-refractivity contribution in [3.8, 4) is 5.69 Å². The molecule has 0 fully saturated rings. The molecule has 1 N–H and O–H groups in total. The highest BCUT2D eigenvalue weighted by molar-refractivity contribution is 7.13. The van der Waals surface area contributed by atoms with Crippen LogP contribution in [0.4, 0.5) is 9.52 Å². The van der Waals surface area contributed by atoms with Crippen LogP contribution in [0.1, 0.15) is 16.2 Å². The Balaban J connectivity index is 1.91. The van der Waals surface area contributed by atoms with E-state index in [0.29, 0.717) is 16.5 Å². The molecule has 0 saturated heterocycles. The topological polar surface area (TPSA) is 85.6 Å². The fourth-order valence-electron chi connectivity index (χ4n) is 1.78. The summed E-state index contributed by atoms with van der Waals surface area (Å²) in [5.41, 5.74) is 2.63. The van der Waals surface area contributed by atoms with E-state index in [2.05, 4.69) is 25.8 Å². The van der Waals surface area contributed by atoms with Gasteiger partial charge in [0.05, 0.1) is 16.4 Å². The van der Waals surface area contributed by atoms with Crippen molar-refractivity contribution in [2.75, 3.05) is 5.32 Å². The molecule has 1 aromatic carbocycles. The Labute approximate surface area is 132 Å². The second-order valence-electron chi connectivity index (χ2n) is 4.23. The largest absolute Gasteiger partial charge is 0.295 e. The van der Waals surface area contributed by atoms with Gasteiger partial charge in [0.15, 0.2) is 5.69 Å². The lowest BCUT2D eigenvalue weighted by Gasteiger charge is -2.04. The van der Waals surface area contributed by atoms with Crippen LogP contribution in [0.25, 0.3) is 5.69 Å². The molecule has 0 radical (unpaired) electrons. The molecular weight excluding hydrogens is 331 g/mol. The Bertz CT molecular complexity index is 834. The van der Waals surface area contributed by atoms with Gasteiger partial charge in [-0.15, -0.1) is 15.3 Å². The molecule has 3 aromatic rings. The van der Waals surface area contributed by atoms with Gasteiger partial charge in [-0.2, -0.15) is 0 Å². The number of carbonyl (C=O) groups excluding carboxylic acids is 1. The number of hydrogen-bond donors (Lipinski definition) is 1. The first-order chi connectivity index (χ1) is 10.6. The van der Waals surface area contributed by atoms with Crippen LogP contribution in [0.5, 0.6) is 0 Å². The molecule has 112 valence electrons. The molecule has 7 nitrogen and oxygen atoms in total. The number of aromatic nitrogens is 5. The molecule has 10 heteroatoms. The van der Waals surface area contributed by atoms with Crippen LogP contribution < -0.4 is 5.32 Å². The standard InChI is InChI=1S/C12H8ClFN6OS/c1-6-10(11(21)16-12-18-15-5-22-12)17-19-20(6)7-2-3-9(14)8(13)4-7/h2-5H,1H3,(H,16,18,21). The van der Waals surface area contributed by atoms with Crippen molar-refractivity contribution in [2.24, 2.45) is 0 Å². The Hall–Kier alpha value is -2.39. The minimum atomic E-state index is -0.530. The fraction of sp³-hybridized carbons (Fsp3) is 0.0833. The molecular formula is C12H8ClFN6OS. The SMILES string of the molecule is Cc1c(C(=O)Nc2nncs2)nnn1-c1ccc(F)c(Cl)c1. The van der Waals surface area contributed by atoms with E-state index in [0.717, 1.165) is 0 Å². The molecule has 0 unspecified atom stereocenters. The predicted octanol–water partition coefficient (Wildman–Crippen LogP) is 2.47. The number of amides is 1. The molecule has 0 bridgehead atoms. The summed E-state index contributed by atoms with van der Waals surface area (Å²) in [5.74, 6) is -0.980. The molecule has 0 aliphatic carbocycles. The lowest BCUT2D eigenvalue weighted by Crippen LogP contribution is -2.14. The highest BCUT2D eigenvalue weighted by Crippen LogP contribution is 2.20. The average molecular weight is 339 g/mol. The van der Waals surface area contributed by atoms with E-state index in [1.165, 1.54) is 39.7 Å². The summed E-state index contributed by atoms with van der Waals surface area (Å²) < 4.78 is 14.6. The van der Waals surface area contributed by atoms with Crippen molar-refractivity contribution in [3.05, 3.63) is 45.9 Å². The second-order valence-corrected chi connectivity index (χ2v) is 5.47. The zero-order chi connectivity index (χ0) is 15.7. The van der Waals surface area contributed by atoms with E-state index in [1.54, 1.807) is 6.92 Å². The number of carbonyl (C=O) groups is 1. The van der Waals surface area contributed by atoms with Gasteiger partial charge in [0.25, 0.3) is 5.91 Å². The van der Waals surface area contributed by atoms with Gasteiger partial charge in [-0.3, -0.25) is 10.1 Å². The minimum absolute atomic E-state index is 0.0349. The van der Waals surface area contributed by atoms with Gasteiger partial charge in [-0.25, -0.2) is 9.07 Å². The summed E-state index contributed by atoms with van der Waals surface area (Å²) in [6, 6.07) is 4.13. The van der Waals surface area contributed by atoms with Gasteiger partial charge in [-0.1, -0.05) is 28.2 Å². The van der Waals surface area contributed by atoms with Crippen molar-refractivity contribution >= 4 is 34.0 Å². The third kappa shape index (κ3) is 2.68. The molecule has 0 aliphatic rings. The average Bonchev–Trinajstić information content (AvgIpc) is 3.11. The van der Waals surface area contributed by atoms with Crippen LogP contribution in [0.2, 0.25) is 5.02 Å². The monoisotopic (exact) mass is 338 g/mol. The molecule has 22 heavy (non-hydrogen) atoms. The Morgan fingerprint density at radius 1 is 1.41 bits per heavy atom. The number of hydrogen-bond acceptors (Lipinski definition) is 6. The molecule has 0 spiro atoms. The number of halogens is 2. The summed E-state index contributed by atoms with van der Waals surface area (Å²) in [6.07, 6.45) is 0. The Kier molecular flexibility index (Phi) is 3.82. The summed E-state index contributed by atoms with van der Waals surface area (Å²) >= 11 is 6.94. The summed E-state index contributed by atoms with van der Waals surface area (Å²) in [6.45, 7) is 1.67. The molecule has 0 atom stereocenters. The summed E-state index contributed by atoms with van der Waals surface area (Å²) in [7, 11) is 0. The molecule has 3 rings (SSSR count). The number of benzene rings is 1. The first kappa shape index (κ1) is 14.5. The molecule has 2 heterocycles. The van der Waals surface area contributed by atoms with Crippen molar-refractivity contribution in [1.82, 2.24) is 25.2 Å². The van der Waals surface area contributed by atoms with Gasteiger partial charge >= 0.3 is 0 Å². The highest BCUT2D eigenvalue weighted by Gasteiger charge is 2.18. The third-order valence-corrected chi connectivity index (χ3v) is 3.73. The first-order valence-corrected chi connectivity index (χ1v) is 7.27. The Morgan fingerprint density at radius 3 is 2.91 bits per heavy atom. The lowest BCUT2D eigenvalue weighted by atomic mass is 10.3. The maximum atomic E-state index is 13.2. The van der Waals surface area contributed by atoms with Crippen molar-refractivity contribution < 1.29 is 9.18 Å². The van der Waals surface area contributed by atoms with E-state index >= 15 is 0 Å². The van der Waals surface area contributed by atoms with Crippen LogP contribution in [0.15, 0.2) is 23.7 Å². The van der Waals surface area contributed by atoms with Gasteiger partial charge in [0.2, 0.25) is 5.13 Å². The van der Waals surface area contributed by atoms with E-state index in [9.17, 15) is 9.18 Å². The van der Waals surface area contributed by atoms with E-state index in [4.69, 9.17) is 11.6 Å².